The smallest absolute Gasteiger partial charge is 0.344 e. The topological polar surface area (TPSA) is 72.8 Å². The molecule has 0 aliphatic carbocycles. The molecule has 0 saturated heterocycles. The van der Waals surface area contributed by atoms with Gasteiger partial charge in [0, 0.05) is 0 Å². The minimum atomic E-state index is -3.56. The molecule has 0 bridgehead atoms. The van der Waals surface area contributed by atoms with Crippen molar-refractivity contribution in [3.05, 3.63) is 0 Å². The van der Waals surface area contributed by atoms with E-state index in [2.05, 4.69) is 13.8 Å². The maximum Gasteiger partial charge on any atom is 0.344 e. The van der Waals surface area contributed by atoms with Crippen LogP contribution >= 0.6 is 7.60 Å². The Morgan fingerprint density at radius 3 is 1.71 bits per heavy atom. The van der Waals surface area contributed by atoms with Crippen LogP contribution in [0.5, 0.6) is 0 Å². The molecule has 0 saturated carbocycles. The lowest BCUT2D eigenvalue weighted by Gasteiger charge is -2.21. The largest absolute Gasteiger partial charge is 0.481 e. The molecule has 5 nitrogen and oxygen atoms in total. The van der Waals surface area contributed by atoms with Gasteiger partial charge in [-0.15, -0.1) is 0 Å². The van der Waals surface area contributed by atoms with E-state index < -0.39 is 19.2 Å². The third-order valence-electron chi connectivity index (χ3n) is 3.37. The molecular weight excluding hydrogens is 291 g/mol. The van der Waals surface area contributed by atoms with E-state index in [1.807, 2.05) is 0 Å². The number of carboxylic acids is 1. The quantitative estimate of drug-likeness (QED) is 0.366. The van der Waals surface area contributed by atoms with Gasteiger partial charge in [-0.25, -0.2) is 0 Å². The Hall–Kier alpha value is -0.380. The Morgan fingerprint density at radius 1 is 0.952 bits per heavy atom. The first-order chi connectivity index (χ1) is 9.98. The minimum Gasteiger partial charge on any atom is -0.481 e. The zero-order valence-corrected chi connectivity index (χ0v) is 14.6. The predicted octanol–water partition coefficient (Wildman–Crippen LogP) is 4.85. The molecule has 6 heteroatoms. The molecule has 126 valence electrons. The fraction of sp³-hybridized carbons (Fsp3) is 0.933. The molecule has 1 unspecified atom stereocenters. The van der Waals surface area contributed by atoms with Gasteiger partial charge in [0.25, 0.3) is 0 Å². The highest BCUT2D eigenvalue weighted by Gasteiger charge is 2.37. The molecule has 0 aliphatic rings. The minimum absolute atomic E-state index is 0.295. The first kappa shape index (κ1) is 20.6. The van der Waals surface area contributed by atoms with Crippen LogP contribution in [0.2, 0.25) is 0 Å². The van der Waals surface area contributed by atoms with Gasteiger partial charge in [0.05, 0.1) is 13.2 Å². The van der Waals surface area contributed by atoms with E-state index in [0.29, 0.717) is 13.2 Å². The van der Waals surface area contributed by atoms with Crippen molar-refractivity contribution < 1.29 is 23.5 Å². The normalized spacial score (nSPS) is 13.3. The van der Waals surface area contributed by atoms with Gasteiger partial charge >= 0.3 is 13.6 Å². The Labute approximate surface area is 128 Å². The molecule has 21 heavy (non-hydrogen) atoms. The molecular formula is C15H31O5P. The molecule has 0 rings (SSSR count). The Kier molecular flexibility index (Phi) is 12.0. The van der Waals surface area contributed by atoms with Crippen LogP contribution in [0, 0.1) is 0 Å². The lowest BCUT2D eigenvalue weighted by Crippen LogP contribution is -2.20. The van der Waals surface area contributed by atoms with Crippen LogP contribution in [0.25, 0.3) is 0 Å². The average molecular weight is 322 g/mol. The van der Waals surface area contributed by atoms with E-state index in [1.54, 1.807) is 0 Å². The third kappa shape index (κ3) is 9.28. The highest BCUT2D eigenvalue weighted by atomic mass is 31.2. The van der Waals surface area contributed by atoms with Gasteiger partial charge in [-0.05, 0) is 19.8 Å². The summed E-state index contributed by atoms with van der Waals surface area (Å²) in [5, 5.41) is 9.07. The highest BCUT2D eigenvalue weighted by Crippen LogP contribution is 2.53. The van der Waals surface area contributed by atoms with Crippen molar-refractivity contribution in [2.24, 2.45) is 0 Å². The zero-order valence-electron chi connectivity index (χ0n) is 13.7. The van der Waals surface area contributed by atoms with Crippen LogP contribution in [-0.4, -0.2) is 29.9 Å². The molecule has 1 atom stereocenters. The van der Waals surface area contributed by atoms with Crippen molar-refractivity contribution in [3.8, 4) is 0 Å². The van der Waals surface area contributed by atoms with Crippen molar-refractivity contribution in [1.82, 2.24) is 0 Å². The summed E-state index contributed by atoms with van der Waals surface area (Å²) in [4.78, 5) is 11.1. The second-order valence-corrected chi connectivity index (χ2v) is 7.71. The van der Waals surface area contributed by atoms with Crippen molar-refractivity contribution >= 4 is 13.6 Å². The number of carboxylic acid groups (broad SMARTS) is 1. The first-order valence-corrected chi connectivity index (χ1v) is 9.70. The summed E-state index contributed by atoms with van der Waals surface area (Å²) in [6.45, 7) is 6.20. The van der Waals surface area contributed by atoms with E-state index in [0.717, 1.165) is 51.4 Å². The average Bonchev–Trinajstić information content (AvgIpc) is 2.46. The van der Waals surface area contributed by atoms with Crippen LogP contribution < -0.4 is 0 Å². The zero-order chi connectivity index (χ0) is 16.1. The number of hydrogen-bond acceptors (Lipinski definition) is 4. The van der Waals surface area contributed by atoms with E-state index in [9.17, 15) is 9.36 Å². The summed E-state index contributed by atoms with van der Waals surface area (Å²) in [5.41, 5.74) is -1.12. The Morgan fingerprint density at radius 2 is 1.38 bits per heavy atom. The molecule has 0 fully saturated rings. The number of rotatable bonds is 14. The van der Waals surface area contributed by atoms with Crippen molar-refractivity contribution in [1.29, 1.82) is 0 Å². The van der Waals surface area contributed by atoms with Crippen LogP contribution in [0.3, 0.4) is 0 Å². The number of aliphatic carboxylic acids is 1. The van der Waals surface area contributed by atoms with Crippen molar-refractivity contribution in [2.75, 3.05) is 13.2 Å². The predicted molar refractivity (Wildman–Crippen MR) is 84.9 cm³/mol. The first-order valence-electron chi connectivity index (χ1n) is 8.09. The molecule has 1 N–H and O–H groups in total. The van der Waals surface area contributed by atoms with Crippen LogP contribution in [0.4, 0.5) is 0 Å². The van der Waals surface area contributed by atoms with Crippen molar-refractivity contribution in [3.63, 3.8) is 0 Å². The lowest BCUT2D eigenvalue weighted by atomic mass is 10.2. The molecule has 0 aromatic heterocycles. The SMILES string of the molecule is CCCCCCOP(=O)(OCCCCCC)C(C)C(=O)O. The molecule has 0 aromatic rings. The summed E-state index contributed by atoms with van der Waals surface area (Å²) < 4.78 is 23.3. The maximum atomic E-state index is 12.6. The second-order valence-electron chi connectivity index (χ2n) is 5.34. The number of unbranched alkanes of at least 4 members (excludes halogenated alkanes) is 6. The van der Waals surface area contributed by atoms with Gasteiger partial charge in [0.1, 0.15) is 0 Å². The Balaban J connectivity index is 4.28. The molecule has 0 amide bonds. The summed E-state index contributed by atoms with van der Waals surface area (Å²) in [7, 11) is -3.56. The highest BCUT2D eigenvalue weighted by molar-refractivity contribution is 7.55. The van der Waals surface area contributed by atoms with Crippen LogP contribution in [-0.2, 0) is 18.4 Å². The van der Waals surface area contributed by atoms with E-state index in [-0.39, 0.29) is 0 Å². The summed E-state index contributed by atoms with van der Waals surface area (Å²) in [6, 6.07) is 0. The summed E-state index contributed by atoms with van der Waals surface area (Å²) in [6.07, 6.45) is 7.96. The van der Waals surface area contributed by atoms with Gasteiger partial charge < -0.3 is 14.2 Å². The number of carbonyl (C=O) groups is 1. The van der Waals surface area contributed by atoms with Crippen molar-refractivity contribution in [2.45, 2.75) is 77.8 Å². The molecule has 0 heterocycles. The maximum absolute atomic E-state index is 12.6. The number of hydrogen-bond donors (Lipinski definition) is 1. The van der Waals surface area contributed by atoms with E-state index >= 15 is 0 Å². The second kappa shape index (κ2) is 12.2. The van der Waals surface area contributed by atoms with Gasteiger partial charge in [-0.3, -0.25) is 9.36 Å². The monoisotopic (exact) mass is 322 g/mol. The van der Waals surface area contributed by atoms with E-state index in [1.165, 1.54) is 6.92 Å². The molecule has 0 radical (unpaired) electrons. The fourth-order valence-electron chi connectivity index (χ4n) is 1.84. The van der Waals surface area contributed by atoms with Gasteiger partial charge in [-0.1, -0.05) is 52.4 Å². The lowest BCUT2D eigenvalue weighted by molar-refractivity contribution is -0.136. The molecule has 0 aliphatic heterocycles. The van der Waals surface area contributed by atoms with Crippen LogP contribution in [0.15, 0.2) is 0 Å². The standard InChI is InChI=1S/C15H31O5P/c1-4-6-8-10-12-19-21(18,14(3)15(16)17)20-13-11-9-7-5-2/h14H,4-13H2,1-3H3,(H,16,17). The third-order valence-corrected chi connectivity index (χ3v) is 5.62. The fourth-order valence-corrected chi connectivity index (χ4v) is 3.40. The van der Waals surface area contributed by atoms with Crippen LogP contribution in [0.1, 0.15) is 72.1 Å². The molecule has 0 spiro atoms. The van der Waals surface area contributed by atoms with E-state index in [4.69, 9.17) is 14.2 Å². The van der Waals surface area contributed by atoms with Gasteiger partial charge in [-0.2, -0.15) is 0 Å². The molecule has 0 aromatic carbocycles. The summed E-state index contributed by atoms with van der Waals surface area (Å²) >= 11 is 0. The Bertz CT molecular complexity index is 301. The van der Waals surface area contributed by atoms with Gasteiger partial charge in [0.15, 0.2) is 5.66 Å². The summed E-state index contributed by atoms with van der Waals surface area (Å²) in [5.74, 6) is -1.14. The van der Waals surface area contributed by atoms with Gasteiger partial charge in [0.2, 0.25) is 0 Å².